The van der Waals surface area contributed by atoms with E-state index in [1.165, 1.54) is 0 Å². The molecule has 0 aliphatic rings. The minimum atomic E-state index is -0.822. The molecule has 3 heteroatoms. The number of aliphatic carboxylic acids is 1. The summed E-state index contributed by atoms with van der Waals surface area (Å²) in [6, 6.07) is 18.5. The summed E-state index contributed by atoms with van der Waals surface area (Å²) in [6.07, 6.45) is 0. The lowest BCUT2D eigenvalue weighted by Crippen LogP contribution is -2.12. The molecule has 0 aliphatic heterocycles. The molecule has 2 rings (SSSR count). The first kappa shape index (κ1) is 20.9. The van der Waals surface area contributed by atoms with Gasteiger partial charge in [0.1, 0.15) is 5.92 Å². The van der Waals surface area contributed by atoms with Crippen LogP contribution < -0.4 is 0 Å². The van der Waals surface area contributed by atoms with Crippen LogP contribution in [0, 0.1) is 11.8 Å². The van der Waals surface area contributed by atoms with Crippen LogP contribution >= 0.6 is 0 Å². The second-order valence-electron chi connectivity index (χ2n) is 6.92. The van der Waals surface area contributed by atoms with Gasteiger partial charge in [-0.1, -0.05) is 88.4 Å². The van der Waals surface area contributed by atoms with E-state index in [0.29, 0.717) is 11.8 Å². The van der Waals surface area contributed by atoms with Gasteiger partial charge in [0.25, 0.3) is 0 Å². The normalized spacial score (nSPS) is 10.7. The highest BCUT2D eigenvalue weighted by atomic mass is 16.5. The second kappa shape index (κ2) is 11.4. The summed E-state index contributed by atoms with van der Waals surface area (Å²) < 4.78 is 5.36. The predicted octanol–water partition coefficient (Wildman–Crippen LogP) is 5.22. The third-order valence-corrected chi connectivity index (χ3v) is 3.42. The molecular formula is C22H30O3. The minimum absolute atomic E-state index is 0.581. The third kappa shape index (κ3) is 8.50. The molecule has 3 nitrogen and oxygen atoms in total. The Balaban J connectivity index is 0.000000299. The van der Waals surface area contributed by atoms with E-state index in [1.807, 2.05) is 60.7 Å². The molecule has 0 aromatic heterocycles. The highest BCUT2D eigenvalue weighted by molar-refractivity contribution is 5.80. The maximum absolute atomic E-state index is 11.3. The Morgan fingerprint density at radius 1 is 0.800 bits per heavy atom. The average molecular weight is 342 g/mol. The minimum Gasteiger partial charge on any atom is -0.481 e. The molecule has 0 bridgehead atoms. The van der Waals surface area contributed by atoms with E-state index >= 15 is 0 Å². The van der Waals surface area contributed by atoms with E-state index < -0.39 is 11.9 Å². The Labute approximate surface area is 151 Å². The van der Waals surface area contributed by atoms with Crippen LogP contribution in [0.2, 0.25) is 0 Å². The molecule has 0 saturated heterocycles. The van der Waals surface area contributed by atoms with E-state index in [1.54, 1.807) is 0 Å². The molecule has 0 aliphatic carbocycles. The SMILES string of the molecule is CC(C)COCC(C)C.O=C(O)C(c1ccccc1)c1ccccc1. The van der Waals surface area contributed by atoms with Crippen molar-refractivity contribution >= 4 is 5.97 Å². The number of rotatable bonds is 7. The molecule has 0 fully saturated rings. The quantitative estimate of drug-likeness (QED) is 0.750. The van der Waals surface area contributed by atoms with Gasteiger partial charge in [0.15, 0.2) is 0 Å². The smallest absolute Gasteiger partial charge is 0.315 e. The molecule has 0 unspecified atom stereocenters. The fraction of sp³-hybridized carbons (Fsp3) is 0.409. The van der Waals surface area contributed by atoms with Gasteiger partial charge in [-0.3, -0.25) is 4.79 Å². The van der Waals surface area contributed by atoms with Crippen molar-refractivity contribution in [2.45, 2.75) is 33.6 Å². The van der Waals surface area contributed by atoms with Crippen molar-refractivity contribution in [3.05, 3.63) is 71.8 Å². The summed E-state index contributed by atoms with van der Waals surface area (Å²) in [6.45, 7) is 10.5. The Kier molecular flexibility index (Phi) is 9.56. The third-order valence-electron chi connectivity index (χ3n) is 3.42. The Morgan fingerprint density at radius 3 is 1.44 bits per heavy atom. The van der Waals surface area contributed by atoms with E-state index in [2.05, 4.69) is 27.7 Å². The molecule has 0 radical (unpaired) electrons. The van der Waals surface area contributed by atoms with Gasteiger partial charge in [-0.15, -0.1) is 0 Å². The van der Waals surface area contributed by atoms with Crippen molar-refractivity contribution in [1.82, 2.24) is 0 Å². The summed E-state index contributed by atoms with van der Waals surface area (Å²) in [7, 11) is 0. The van der Waals surface area contributed by atoms with Crippen molar-refractivity contribution in [3.8, 4) is 0 Å². The number of carboxylic acid groups (broad SMARTS) is 1. The molecule has 0 atom stereocenters. The Morgan fingerprint density at radius 2 is 1.16 bits per heavy atom. The highest BCUT2D eigenvalue weighted by Crippen LogP contribution is 2.24. The lowest BCUT2D eigenvalue weighted by Gasteiger charge is -2.12. The van der Waals surface area contributed by atoms with Crippen LogP contribution in [0.3, 0.4) is 0 Å². The van der Waals surface area contributed by atoms with E-state index in [0.717, 1.165) is 24.3 Å². The van der Waals surface area contributed by atoms with Crippen LogP contribution in [0.15, 0.2) is 60.7 Å². The zero-order chi connectivity index (χ0) is 18.7. The van der Waals surface area contributed by atoms with Crippen molar-refractivity contribution in [2.24, 2.45) is 11.8 Å². The van der Waals surface area contributed by atoms with Crippen LogP contribution in [-0.4, -0.2) is 24.3 Å². The number of carbonyl (C=O) groups is 1. The van der Waals surface area contributed by atoms with Gasteiger partial charge in [-0.25, -0.2) is 0 Å². The van der Waals surface area contributed by atoms with Gasteiger partial charge in [-0.05, 0) is 23.0 Å². The fourth-order valence-electron chi connectivity index (χ4n) is 2.31. The molecule has 136 valence electrons. The van der Waals surface area contributed by atoms with Crippen LogP contribution in [0.4, 0.5) is 0 Å². The van der Waals surface area contributed by atoms with Gasteiger partial charge in [0.2, 0.25) is 0 Å². The fourth-order valence-corrected chi connectivity index (χ4v) is 2.31. The average Bonchev–Trinajstić information content (AvgIpc) is 2.56. The van der Waals surface area contributed by atoms with Crippen molar-refractivity contribution in [2.75, 3.05) is 13.2 Å². The molecule has 0 amide bonds. The summed E-state index contributed by atoms with van der Waals surface area (Å²) in [4.78, 5) is 11.3. The van der Waals surface area contributed by atoms with Gasteiger partial charge in [-0.2, -0.15) is 0 Å². The zero-order valence-corrected chi connectivity index (χ0v) is 15.7. The van der Waals surface area contributed by atoms with E-state index in [9.17, 15) is 9.90 Å². The van der Waals surface area contributed by atoms with E-state index in [-0.39, 0.29) is 0 Å². The molecule has 2 aromatic rings. The number of ether oxygens (including phenoxy) is 1. The number of hydrogen-bond donors (Lipinski definition) is 1. The molecule has 0 spiro atoms. The lowest BCUT2D eigenvalue weighted by atomic mass is 9.92. The Hall–Kier alpha value is -2.13. The largest absolute Gasteiger partial charge is 0.481 e. The molecule has 25 heavy (non-hydrogen) atoms. The number of hydrogen-bond acceptors (Lipinski definition) is 2. The topological polar surface area (TPSA) is 46.5 Å². The number of carboxylic acids is 1. The van der Waals surface area contributed by atoms with Gasteiger partial charge < -0.3 is 9.84 Å². The zero-order valence-electron chi connectivity index (χ0n) is 15.7. The van der Waals surface area contributed by atoms with Gasteiger partial charge >= 0.3 is 5.97 Å². The maximum atomic E-state index is 11.3. The molecule has 2 aromatic carbocycles. The molecule has 1 N–H and O–H groups in total. The van der Waals surface area contributed by atoms with Crippen LogP contribution in [-0.2, 0) is 9.53 Å². The first-order valence-corrected chi connectivity index (χ1v) is 8.82. The molecule has 0 saturated carbocycles. The summed E-state index contributed by atoms with van der Waals surface area (Å²) >= 11 is 0. The Bertz CT molecular complexity index is 544. The number of benzene rings is 2. The predicted molar refractivity (Wildman–Crippen MR) is 103 cm³/mol. The summed E-state index contributed by atoms with van der Waals surface area (Å²) in [5.74, 6) is -0.0627. The van der Waals surface area contributed by atoms with Gasteiger partial charge in [0, 0.05) is 13.2 Å². The van der Waals surface area contributed by atoms with Crippen LogP contribution in [0.25, 0.3) is 0 Å². The van der Waals surface area contributed by atoms with Crippen LogP contribution in [0.1, 0.15) is 44.7 Å². The van der Waals surface area contributed by atoms with Crippen LogP contribution in [0.5, 0.6) is 0 Å². The molecule has 0 heterocycles. The van der Waals surface area contributed by atoms with Crippen molar-refractivity contribution < 1.29 is 14.6 Å². The highest BCUT2D eigenvalue weighted by Gasteiger charge is 2.21. The summed E-state index contributed by atoms with van der Waals surface area (Å²) in [5, 5.41) is 9.28. The van der Waals surface area contributed by atoms with Crippen molar-refractivity contribution in [1.29, 1.82) is 0 Å². The standard InChI is InChI=1S/C14H12O2.C8H18O/c15-14(16)13(11-7-3-1-4-8-11)12-9-5-2-6-10-12;1-7(2)5-9-6-8(3)4/h1-10,13H,(H,15,16);7-8H,5-6H2,1-4H3. The maximum Gasteiger partial charge on any atom is 0.315 e. The monoisotopic (exact) mass is 342 g/mol. The van der Waals surface area contributed by atoms with Gasteiger partial charge in [0.05, 0.1) is 0 Å². The molecular weight excluding hydrogens is 312 g/mol. The van der Waals surface area contributed by atoms with Crippen molar-refractivity contribution in [3.63, 3.8) is 0 Å². The first-order valence-electron chi connectivity index (χ1n) is 8.82. The second-order valence-corrected chi connectivity index (χ2v) is 6.92. The lowest BCUT2D eigenvalue weighted by molar-refractivity contribution is -0.137. The van der Waals surface area contributed by atoms with E-state index in [4.69, 9.17) is 4.74 Å². The first-order chi connectivity index (χ1) is 11.9. The summed E-state index contributed by atoms with van der Waals surface area (Å²) in [5.41, 5.74) is 1.61.